The maximum absolute atomic E-state index is 12.3. The van der Waals surface area contributed by atoms with Crippen LogP contribution in [0.25, 0.3) is 0 Å². The summed E-state index contributed by atoms with van der Waals surface area (Å²) in [6.45, 7) is 3.94. The average Bonchev–Trinajstić information content (AvgIpc) is 2.18. The molecule has 0 N–H and O–H groups in total. The van der Waals surface area contributed by atoms with Crippen LogP contribution in [0.15, 0.2) is 24.3 Å². The first kappa shape index (κ1) is 12.0. The van der Waals surface area contributed by atoms with Gasteiger partial charge in [-0.25, -0.2) is 0 Å². The number of ether oxygens (including phenoxy) is 1. The Morgan fingerprint density at radius 3 is 2.27 bits per heavy atom. The summed E-state index contributed by atoms with van der Waals surface area (Å²) in [5.74, 6) is 0.863. The van der Waals surface area contributed by atoms with Gasteiger partial charge >= 0.3 is 0 Å². The Bertz CT molecular complexity index is 290. The number of halogens is 1. The van der Waals surface area contributed by atoms with Gasteiger partial charge in [0.05, 0.1) is 13.8 Å². The zero-order valence-electron chi connectivity index (χ0n) is 9.72. The Hall–Kier alpha value is -1.05. The van der Waals surface area contributed by atoms with Gasteiger partial charge in [-0.2, -0.15) is 0 Å². The van der Waals surface area contributed by atoms with Crippen molar-refractivity contribution >= 4 is 0 Å². The van der Waals surface area contributed by atoms with Crippen LogP contribution in [0.5, 0.6) is 5.75 Å². The van der Waals surface area contributed by atoms with Crippen LogP contribution in [0, 0.1) is 5.41 Å². The molecule has 0 aliphatic heterocycles. The minimum Gasteiger partial charge on any atom is -0.497 e. The molecular weight excluding hydrogens is 191 g/mol. The van der Waals surface area contributed by atoms with Crippen LogP contribution in [0.3, 0.4) is 0 Å². The Morgan fingerprint density at radius 2 is 1.80 bits per heavy atom. The molecule has 1 aromatic carbocycles. The second kappa shape index (κ2) is 5.15. The van der Waals surface area contributed by atoms with Gasteiger partial charge in [0.25, 0.3) is 0 Å². The van der Waals surface area contributed by atoms with Crippen molar-refractivity contribution in [1.82, 2.24) is 0 Å². The van der Waals surface area contributed by atoms with Gasteiger partial charge < -0.3 is 4.74 Å². The SMILES string of the molecule is COc1ccc(CC(C)(C)CCF)cc1. The third-order valence-corrected chi connectivity index (χ3v) is 2.61. The third kappa shape index (κ3) is 3.90. The number of methoxy groups -OCH3 is 1. The van der Waals surface area contributed by atoms with Crippen LogP contribution in [-0.2, 0) is 6.42 Å². The van der Waals surface area contributed by atoms with Crippen molar-refractivity contribution in [3.63, 3.8) is 0 Å². The summed E-state index contributed by atoms with van der Waals surface area (Å²) in [6.07, 6.45) is 1.51. The third-order valence-electron chi connectivity index (χ3n) is 2.61. The zero-order valence-corrected chi connectivity index (χ0v) is 9.72. The molecule has 2 heteroatoms. The number of benzene rings is 1. The second-order valence-electron chi connectivity index (χ2n) is 4.63. The minimum absolute atomic E-state index is 0.0311. The standard InChI is InChI=1S/C13H19FO/c1-13(2,8-9-14)10-11-4-6-12(15-3)7-5-11/h4-7H,8-10H2,1-3H3. The van der Waals surface area contributed by atoms with E-state index in [2.05, 4.69) is 13.8 Å². The van der Waals surface area contributed by atoms with Gasteiger partial charge in [0.1, 0.15) is 5.75 Å². The Balaban J connectivity index is 2.64. The van der Waals surface area contributed by atoms with E-state index >= 15 is 0 Å². The molecule has 0 aliphatic carbocycles. The van der Waals surface area contributed by atoms with Gasteiger partial charge in [0.2, 0.25) is 0 Å². The van der Waals surface area contributed by atoms with Gasteiger partial charge in [0.15, 0.2) is 0 Å². The van der Waals surface area contributed by atoms with E-state index in [4.69, 9.17) is 4.74 Å². The van der Waals surface area contributed by atoms with E-state index in [1.54, 1.807) is 7.11 Å². The lowest BCUT2D eigenvalue weighted by Gasteiger charge is -2.23. The summed E-state index contributed by atoms with van der Waals surface area (Å²) < 4.78 is 17.4. The highest BCUT2D eigenvalue weighted by molar-refractivity contribution is 5.27. The van der Waals surface area contributed by atoms with Gasteiger partial charge in [0, 0.05) is 0 Å². The van der Waals surface area contributed by atoms with Crippen LogP contribution in [0.2, 0.25) is 0 Å². The molecule has 0 atom stereocenters. The molecule has 84 valence electrons. The van der Waals surface area contributed by atoms with Gasteiger partial charge in [-0.05, 0) is 36.0 Å². The Morgan fingerprint density at radius 1 is 1.20 bits per heavy atom. The Kier molecular flexibility index (Phi) is 4.13. The predicted octanol–water partition coefficient (Wildman–Crippen LogP) is 3.62. The molecule has 0 bridgehead atoms. The summed E-state index contributed by atoms with van der Waals surface area (Å²) in [6, 6.07) is 7.97. The fourth-order valence-electron chi connectivity index (χ4n) is 1.64. The van der Waals surface area contributed by atoms with Crippen molar-refractivity contribution in [2.75, 3.05) is 13.8 Å². The fourth-order valence-corrected chi connectivity index (χ4v) is 1.64. The maximum atomic E-state index is 12.3. The number of alkyl halides is 1. The lowest BCUT2D eigenvalue weighted by Crippen LogP contribution is -2.15. The van der Waals surface area contributed by atoms with E-state index in [0.29, 0.717) is 6.42 Å². The number of hydrogen-bond donors (Lipinski definition) is 0. The lowest BCUT2D eigenvalue weighted by molar-refractivity contribution is 0.286. The summed E-state index contributed by atoms with van der Waals surface area (Å²) >= 11 is 0. The zero-order chi connectivity index (χ0) is 11.3. The number of hydrogen-bond acceptors (Lipinski definition) is 1. The summed E-state index contributed by atoms with van der Waals surface area (Å²) in [4.78, 5) is 0. The van der Waals surface area contributed by atoms with E-state index in [1.807, 2.05) is 24.3 Å². The van der Waals surface area contributed by atoms with E-state index in [-0.39, 0.29) is 12.1 Å². The largest absolute Gasteiger partial charge is 0.497 e. The van der Waals surface area contributed by atoms with Crippen LogP contribution >= 0.6 is 0 Å². The highest BCUT2D eigenvalue weighted by Gasteiger charge is 2.17. The van der Waals surface area contributed by atoms with Crippen molar-refractivity contribution < 1.29 is 9.13 Å². The highest BCUT2D eigenvalue weighted by atomic mass is 19.1. The summed E-state index contributed by atoms with van der Waals surface area (Å²) in [7, 11) is 1.65. The average molecular weight is 210 g/mol. The highest BCUT2D eigenvalue weighted by Crippen LogP contribution is 2.26. The van der Waals surface area contributed by atoms with Crippen molar-refractivity contribution in [1.29, 1.82) is 0 Å². The smallest absolute Gasteiger partial charge is 0.118 e. The fraction of sp³-hybridized carbons (Fsp3) is 0.538. The minimum atomic E-state index is -0.247. The first-order valence-corrected chi connectivity index (χ1v) is 5.26. The first-order chi connectivity index (χ1) is 7.07. The van der Waals surface area contributed by atoms with Crippen molar-refractivity contribution in [3.8, 4) is 5.75 Å². The molecule has 0 fully saturated rings. The van der Waals surface area contributed by atoms with Gasteiger partial charge in [-0.15, -0.1) is 0 Å². The quantitative estimate of drug-likeness (QED) is 0.721. The van der Waals surface area contributed by atoms with Crippen molar-refractivity contribution in [2.45, 2.75) is 26.7 Å². The molecule has 0 amide bonds. The normalized spacial score (nSPS) is 11.5. The lowest BCUT2D eigenvalue weighted by atomic mass is 9.83. The van der Waals surface area contributed by atoms with Gasteiger partial charge in [-0.3, -0.25) is 4.39 Å². The van der Waals surface area contributed by atoms with Crippen LogP contribution < -0.4 is 4.74 Å². The van der Waals surface area contributed by atoms with Crippen molar-refractivity contribution in [3.05, 3.63) is 29.8 Å². The number of rotatable bonds is 5. The van der Waals surface area contributed by atoms with Crippen LogP contribution in [0.4, 0.5) is 4.39 Å². The molecule has 0 saturated heterocycles. The Labute approximate surface area is 91.3 Å². The summed E-state index contributed by atoms with van der Waals surface area (Å²) in [5.41, 5.74) is 1.26. The summed E-state index contributed by atoms with van der Waals surface area (Å²) in [5, 5.41) is 0. The molecule has 1 nitrogen and oxygen atoms in total. The molecule has 0 heterocycles. The molecule has 0 saturated carbocycles. The topological polar surface area (TPSA) is 9.23 Å². The van der Waals surface area contributed by atoms with Crippen LogP contribution in [0.1, 0.15) is 25.8 Å². The van der Waals surface area contributed by atoms with Gasteiger partial charge in [-0.1, -0.05) is 26.0 Å². The molecule has 0 aliphatic rings. The van der Waals surface area contributed by atoms with E-state index in [1.165, 1.54) is 5.56 Å². The molecule has 1 rings (SSSR count). The van der Waals surface area contributed by atoms with E-state index in [0.717, 1.165) is 12.2 Å². The van der Waals surface area contributed by atoms with E-state index < -0.39 is 0 Å². The molecular formula is C13H19FO. The molecule has 15 heavy (non-hydrogen) atoms. The van der Waals surface area contributed by atoms with Crippen LogP contribution in [-0.4, -0.2) is 13.8 Å². The molecule has 0 unspecified atom stereocenters. The van der Waals surface area contributed by atoms with E-state index in [9.17, 15) is 4.39 Å². The molecule has 0 radical (unpaired) electrons. The first-order valence-electron chi connectivity index (χ1n) is 5.26. The monoisotopic (exact) mass is 210 g/mol. The van der Waals surface area contributed by atoms with Crippen molar-refractivity contribution in [2.24, 2.45) is 5.41 Å². The second-order valence-corrected chi connectivity index (χ2v) is 4.63. The molecule has 0 aromatic heterocycles. The molecule has 1 aromatic rings. The maximum Gasteiger partial charge on any atom is 0.118 e. The predicted molar refractivity (Wildman–Crippen MR) is 61.1 cm³/mol. The molecule has 0 spiro atoms.